The molecule has 27 heavy (non-hydrogen) atoms. The first-order chi connectivity index (χ1) is 13.2. The lowest BCUT2D eigenvalue weighted by Gasteiger charge is -2.34. The number of anilines is 1. The van der Waals surface area contributed by atoms with Gasteiger partial charge in [-0.15, -0.1) is 0 Å². The number of para-hydroxylation sites is 1. The second kappa shape index (κ2) is 8.05. The van der Waals surface area contributed by atoms with Gasteiger partial charge in [0.1, 0.15) is 0 Å². The largest absolute Gasteiger partial charge is 0.379 e. The van der Waals surface area contributed by atoms with Gasteiger partial charge in [-0.05, 0) is 51.0 Å². The molecule has 0 saturated heterocycles. The van der Waals surface area contributed by atoms with E-state index < -0.39 is 0 Å². The van der Waals surface area contributed by atoms with E-state index in [4.69, 9.17) is 4.98 Å². The van der Waals surface area contributed by atoms with Gasteiger partial charge >= 0.3 is 0 Å². The normalized spacial score (nSPS) is 19.9. The SMILES string of the molecule is Cc1cccc(CN[C@H]2CCCC[C@@H]2Nc2cccc3ccc(C)nc23)n1. The number of nitrogens with zero attached hydrogens (tertiary/aromatic N) is 2. The van der Waals surface area contributed by atoms with E-state index >= 15 is 0 Å². The van der Waals surface area contributed by atoms with Gasteiger partial charge < -0.3 is 10.6 Å². The van der Waals surface area contributed by atoms with Crippen LogP contribution in [0.15, 0.2) is 48.5 Å². The smallest absolute Gasteiger partial charge is 0.0936 e. The van der Waals surface area contributed by atoms with Gasteiger partial charge in [-0.3, -0.25) is 9.97 Å². The van der Waals surface area contributed by atoms with E-state index in [-0.39, 0.29) is 0 Å². The number of aryl methyl sites for hydroxylation is 2. The van der Waals surface area contributed by atoms with Gasteiger partial charge in [-0.25, -0.2) is 0 Å². The van der Waals surface area contributed by atoms with Crippen molar-refractivity contribution in [3.05, 3.63) is 65.6 Å². The van der Waals surface area contributed by atoms with Crippen LogP contribution in [0, 0.1) is 13.8 Å². The molecule has 0 amide bonds. The second-order valence-corrected chi connectivity index (χ2v) is 7.62. The van der Waals surface area contributed by atoms with Crippen molar-refractivity contribution < 1.29 is 0 Å². The fourth-order valence-electron chi connectivity index (χ4n) is 4.04. The third kappa shape index (κ3) is 4.28. The molecule has 4 rings (SSSR count). The first kappa shape index (κ1) is 17.9. The summed E-state index contributed by atoms with van der Waals surface area (Å²) in [6.07, 6.45) is 4.93. The average molecular weight is 361 g/mol. The molecule has 1 aliphatic rings. The van der Waals surface area contributed by atoms with Crippen molar-refractivity contribution in [2.24, 2.45) is 0 Å². The fourth-order valence-corrected chi connectivity index (χ4v) is 4.04. The highest BCUT2D eigenvalue weighted by molar-refractivity contribution is 5.90. The van der Waals surface area contributed by atoms with Gasteiger partial charge in [-0.1, -0.05) is 37.1 Å². The van der Waals surface area contributed by atoms with Crippen LogP contribution in [0.4, 0.5) is 5.69 Å². The zero-order valence-corrected chi connectivity index (χ0v) is 16.2. The predicted molar refractivity (Wildman–Crippen MR) is 112 cm³/mol. The fraction of sp³-hybridized carbons (Fsp3) is 0.391. The van der Waals surface area contributed by atoms with Crippen LogP contribution in [0.5, 0.6) is 0 Å². The summed E-state index contributed by atoms with van der Waals surface area (Å²) < 4.78 is 0. The van der Waals surface area contributed by atoms with Gasteiger partial charge in [0.05, 0.1) is 16.9 Å². The maximum Gasteiger partial charge on any atom is 0.0936 e. The Labute approximate surface area is 161 Å². The Morgan fingerprint density at radius 2 is 1.63 bits per heavy atom. The zero-order chi connectivity index (χ0) is 18.6. The topological polar surface area (TPSA) is 49.8 Å². The number of hydrogen-bond acceptors (Lipinski definition) is 4. The number of aromatic nitrogens is 2. The second-order valence-electron chi connectivity index (χ2n) is 7.62. The Morgan fingerprint density at radius 3 is 2.48 bits per heavy atom. The molecule has 3 aromatic rings. The maximum absolute atomic E-state index is 4.78. The lowest BCUT2D eigenvalue weighted by atomic mass is 9.90. The summed E-state index contributed by atoms with van der Waals surface area (Å²) in [5.74, 6) is 0. The highest BCUT2D eigenvalue weighted by Crippen LogP contribution is 2.27. The monoisotopic (exact) mass is 360 g/mol. The summed E-state index contributed by atoms with van der Waals surface area (Å²) in [5, 5.41) is 8.74. The molecule has 2 atom stereocenters. The molecule has 4 heteroatoms. The van der Waals surface area contributed by atoms with Crippen LogP contribution in [-0.4, -0.2) is 22.1 Å². The molecule has 0 spiro atoms. The molecule has 2 N–H and O–H groups in total. The summed E-state index contributed by atoms with van der Waals surface area (Å²) in [5.41, 5.74) is 5.46. The van der Waals surface area contributed by atoms with Crippen LogP contribution in [0.1, 0.15) is 42.8 Å². The number of hydrogen-bond donors (Lipinski definition) is 2. The average Bonchev–Trinajstić information content (AvgIpc) is 2.68. The van der Waals surface area contributed by atoms with E-state index in [2.05, 4.69) is 65.0 Å². The predicted octanol–water partition coefficient (Wildman–Crippen LogP) is 4.76. The van der Waals surface area contributed by atoms with Crippen LogP contribution >= 0.6 is 0 Å². The molecule has 2 aromatic heterocycles. The van der Waals surface area contributed by atoms with Crippen molar-refractivity contribution in [3.8, 4) is 0 Å². The number of fused-ring (bicyclic) bond motifs is 1. The van der Waals surface area contributed by atoms with Crippen LogP contribution in [-0.2, 0) is 6.54 Å². The zero-order valence-electron chi connectivity index (χ0n) is 16.2. The van der Waals surface area contributed by atoms with Gasteiger partial charge in [-0.2, -0.15) is 0 Å². The maximum atomic E-state index is 4.78. The molecule has 1 aromatic carbocycles. The van der Waals surface area contributed by atoms with Crippen molar-refractivity contribution in [1.82, 2.24) is 15.3 Å². The summed E-state index contributed by atoms with van der Waals surface area (Å²) in [6.45, 7) is 4.91. The van der Waals surface area contributed by atoms with Crippen LogP contribution in [0.3, 0.4) is 0 Å². The van der Waals surface area contributed by atoms with Crippen molar-refractivity contribution in [2.45, 2.75) is 58.2 Å². The first-order valence-electron chi connectivity index (χ1n) is 9.98. The highest BCUT2D eigenvalue weighted by Gasteiger charge is 2.25. The summed E-state index contributed by atoms with van der Waals surface area (Å²) in [7, 11) is 0. The molecule has 0 radical (unpaired) electrons. The molecular formula is C23H28N4. The van der Waals surface area contributed by atoms with E-state index in [9.17, 15) is 0 Å². The standard InChI is InChI=1S/C23H28N4/c1-16-7-5-9-19(25-16)15-24-20-10-3-4-11-21(20)27-22-12-6-8-18-14-13-17(2)26-23(18)22/h5-9,12-14,20-21,24,27H,3-4,10-11,15H2,1-2H3/t20-,21-/m0/s1. The summed E-state index contributed by atoms with van der Waals surface area (Å²) >= 11 is 0. The minimum absolute atomic E-state index is 0.413. The van der Waals surface area contributed by atoms with E-state index in [1.54, 1.807) is 0 Å². The van der Waals surface area contributed by atoms with Crippen molar-refractivity contribution >= 4 is 16.6 Å². The van der Waals surface area contributed by atoms with Gasteiger partial charge in [0.2, 0.25) is 0 Å². The molecule has 0 unspecified atom stereocenters. The van der Waals surface area contributed by atoms with E-state index in [0.29, 0.717) is 12.1 Å². The van der Waals surface area contributed by atoms with Crippen molar-refractivity contribution in [3.63, 3.8) is 0 Å². The van der Waals surface area contributed by atoms with Crippen LogP contribution in [0.25, 0.3) is 10.9 Å². The summed E-state index contributed by atoms with van der Waals surface area (Å²) in [6, 6.07) is 17.7. The van der Waals surface area contributed by atoms with E-state index in [0.717, 1.165) is 34.8 Å². The Balaban J connectivity index is 1.50. The number of benzene rings is 1. The Bertz CT molecular complexity index is 921. The van der Waals surface area contributed by atoms with Gasteiger partial charge in [0, 0.05) is 35.4 Å². The van der Waals surface area contributed by atoms with Crippen LogP contribution < -0.4 is 10.6 Å². The highest BCUT2D eigenvalue weighted by atomic mass is 15.0. The number of pyridine rings is 2. The third-order valence-corrected chi connectivity index (χ3v) is 5.46. The molecule has 1 aliphatic carbocycles. The van der Waals surface area contributed by atoms with Crippen LogP contribution in [0.2, 0.25) is 0 Å². The van der Waals surface area contributed by atoms with Gasteiger partial charge in [0.25, 0.3) is 0 Å². The molecule has 4 nitrogen and oxygen atoms in total. The molecule has 1 saturated carbocycles. The molecular weight excluding hydrogens is 332 g/mol. The quantitative estimate of drug-likeness (QED) is 0.689. The van der Waals surface area contributed by atoms with E-state index in [1.807, 2.05) is 13.0 Å². The number of rotatable bonds is 5. The molecule has 0 bridgehead atoms. The van der Waals surface area contributed by atoms with E-state index in [1.165, 1.54) is 31.1 Å². The van der Waals surface area contributed by atoms with Crippen molar-refractivity contribution in [2.75, 3.05) is 5.32 Å². The molecule has 140 valence electrons. The number of nitrogens with one attached hydrogen (secondary N) is 2. The Morgan fingerprint density at radius 1 is 0.852 bits per heavy atom. The Kier molecular flexibility index (Phi) is 5.35. The molecule has 1 fully saturated rings. The van der Waals surface area contributed by atoms with Crippen molar-refractivity contribution in [1.29, 1.82) is 0 Å². The minimum atomic E-state index is 0.413. The first-order valence-corrected chi connectivity index (χ1v) is 9.98. The third-order valence-electron chi connectivity index (χ3n) is 5.46. The molecule has 2 heterocycles. The lowest BCUT2D eigenvalue weighted by molar-refractivity contribution is 0.341. The van der Waals surface area contributed by atoms with Gasteiger partial charge in [0.15, 0.2) is 0 Å². The summed E-state index contributed by atoms with van der Waals surface area (Å²) in [4.78, 5) is 9.40. The molecule has 0 aliphatic heterocycles. The Hall–Kier alpha value is -2.46. The minimum Gasteiger partial charge on any atom is -0.379 e. The lowest BCUT2D eigenvalue weighted by Crippen LogP contribution is -2.46.